The monoisotopic (exact) mass is 293 g/mol. The Labute approximate surface area is 110 Å². The van der Waals surface area contributed by atoms with Gasteiger partial charge in [-0.15, -0.1) is 0 Å². The van der Waals surface area contributed by atoms with Crippen LogP contribution in [0.3, 0.4) is 0 Å². The standard InChI is InChI=1S/C13H16BrN3/c1-2-9(8-15)17-13-11-4-3-5-12(14)10(11)6-7-16-13/h3-7,9H,2,8,15H2,1H3,(H,16,17). The van der Waals surface area contributed by atoms with Gasteiger partial charge in [0, 0.05) is 34.0 Å². The summed E-state index contributed by atoms with van der Waals surface area (Å²) < 4.78 is 1.08. The van der Waals surface area contributed by atoms with Gasteiger partial charge >= 0.3 is 0 Å². The first-order valence-corrected chi connectivity index (χ1v) is 6.55. The van der Waals surface area contributed by atoms with Crippen molar-refractivity contribution >= 4 is 32.5 Å². The van der Waals surface area contributed by atoms with Crippen LogP contribution in [-0.2, 0) is 0 Å². The molecule has 3 nitrogen and oxygen atoms in total. The van der Waals surface area contributed by atoms with Crippen LogP contribution in [0.25, 0.3) is 10.8 Å². The maximum absolute atomic E-state index is 5.71. The van der Waals surface area contributed by atoms with Gasteiger partial charge < -0.3 is 11.1 Å². The van der Waals surface area contributed by atoms with Gasteiger partial charge in [-0.25, -0.2) is 4.98 Å². The quantitative estimate of drug-likeness (QED) is 0.910. The van der Waals surface area contributed by atoms with E-state index in [1.165, 1.54) is 0 Å². The second-order valence-electron chi connectivity index (χ2n) is 3.98. The molecule has 0 spiro atoms. The third-order valence-electron chi connectivity index (χ3n) is 2.87. The molecule has 0 aliphatic carbocycles. The summed E-state index contributed by atoms with van der Waals surface area (Å²) >= 11 is 3.55. The summed E-state index contributed by atoms with van der Waals surface area (Å²) in [7, 11) is 0. The topological polar surface area (TPSA) is 50.9 Å². The number of fused-ring (bicyclic) bond motifs is 1. The number of halogens is 1. The average Bonchev–Trinajstić information content (AvgIpc) is 2.37. The molecular weight excluding hydrogens is 278 g/mol. The molecular formula is C13H16BrN3. The van der Waals surface area contributed by atoms with Gasteiger partial charge in [0.2, 0.25) is 0 Å². The molecule has 17 heavy (non-hydrogen) atoms. The van der Waals surface area contributed by atoms with Gasteiger partial charge in [0.1, 0.15) is 5.82 Å². The zero-order chi connectivity index (χ0) is 12.3. The molecule has 2 aromatic rings. The first-order chi connectivity index (χ1) is 8.26. The summed E-state index contributed by atoms with van der Waals surface area (Å²) in [5, 5.41) is 5.67. The molecule has 1 aromatic heterocycles. The molecule has 0 amide bonds. The van der Waals surface area contributed by atoms with Crippen molar-refractivity contribution in [3.63, 3.8) is 0 Å². The molecule has 0 bridgehead atoms. The van der Waals surface area contributed by atoms with Crippen LogP contribution in [0, 0.1) is 0 Å². The van der Waals surface area contributed by atoms with Gasteiger partial charge in [-0.2, -0.15) is 0 Å². The molecule has 0 fully saturated rings. The van der Waals surface area contributed by atoms with E-state index in [4.69, 9.17) is 5.73 Å². The van der Waals surface area contributed by atoms with Gasteiger partial charge in [0.15, 0.2) is 0 Å². The number of hydrogen-bond donors (Lipinski definition) is 2. The van der Waals surface area contributed by atoms with Crippen LogP contribution >= 0.6 is 15.9 Å². The van der Waals surface area contributed by atoms with Crippen molar-refractivity contribution in [2.75, 3.05) is 11.9 Å². The van der Waals surface area contributed by atoms with Gasteiger partial charge in [-0.05, 0) is 18.6 Å². The van der Waals surface area contributed by atoms with Crippen molar-refractivity contribution < 1.29 is 0 Å². The molecule has 0 saturated heterocycles. The molecule has 0 saturated carbocycles. The Morgan fingerprint density at radius 2 is 2.18 bits per heavy atom. The number of pyridine rings is 1. The zero-order valence-corrected chi connectivity index (χ0v) is 11.4. The highest BCUT2D eigenvalue weighted by atomic mass is 79.9. The Bertz CT molecular complexity index is 509. The fourth-order valence-electron chi connectivity index (χ4n) is 1.80. The SMILES string of the molecule is CCC(CN)Nc1nccc2c(Br)cccc12. The number of nitrogens with zero attached hydrogens (tertiary/aromatic N) is 1. The predicted molar refractivity (Wildman–Crippen MR) is 76.2 cm³/mol. The summed E-state index contributed by atoms with van der Waals surface area (Å²) in [6, 6.07) is 8.40. The number of nitrogens with two attached hydrogens (primary N) is 1. The van der Waals surface area contributed by atoms with Crippen LogP contribution < -0.4 is 11.1 Å². The van der Waals surface area contributed by atoms with E-state index in [2.05, 4.69) is 39.2 Å². The van der Waals surface area contributed by atoms with Crippen LogP contribution in [0.1, 0.15) is 13.3 Å². The molecule has 3 N–H and O–H groups in total. The van der Waals surface area contributed by atoms with Gasteiger partial charge in [0.25, 0.3) is 0 Å². The molecule has 0 radical (unpaired) electrons. The second-order valence-corrected chi connectivity index (χ2v) is 4.83. The molecule has 1 aromatic carbocycles. The molecule has 1 unspecified atom stereocenters. The Morgan fingerprint density at radius 3 is 2.88 bits per heavy atom. The molecule has 0 aliphatic rings. The van der Waals surface area contributed by atoms with Crippen molar-refractivity contribution in [2.24, 2.45) is 5.73 Å². The number of hydrogen-bond acceptors (Lipinski definition) is 3. The highest BCUT2D eigenvalue weighted by Gasteiger charge is 2.08. The van der Waals surface area contributed by atoms with E-state index in [1.54, 1.807) is 0 Å². The summed E-state index contributed by atoms with van der Waals surface area (Å²) in [6.45, 7) is 2.73. The maximum Gasteiger partial charge on any atom is 0.134 e. The first-order valence-electron chi connectivity index (χ1n) is 5.76. The lowest BCUT2D eigenvalue weighted by atomic mass is 10.1. The van der Waals surface area contributed by atoms with Gasteiger partial charge in [0.05, 0.1) is 0 Å². The zero-order valence-electron chi connectivity index (χ0n) is 9.78. The molecule has 4 heteroatoms. The van der Waals surface area contributed by atoms with Crippen molar-refractivity contribution in [1.29, 1.82) is 0 Å². The van der Waals surface area contributed by atoms with Crippen LogP contribution in [-0.4, -0.2) is 17.6 Å². The predicted octanol–water partition coefficient (Wildman–Crippen LogP) is 3.15. The third-order valence-corrected chi connectivity index (χ3v) is 3.56. The maximum atomic E-state index is 5.71. The van der Waals surface area contributed by atoms with Crippen LogP contribution in [0.2, 0.25) is 0 Å². The van der Waals surface area contributed by atoms with Gasteiger partial charge in [-0.1, -0.05) is 35.0 Å². The fourth-order valence-corrected chi connectivity index (χ4v) is 2.30. The number of nitrogens with one attached hydrogen (secondary N) is 1. The molecule has 2 rings (SSSR count). The lowest BCUT2D eigenvalue weighted by molar-refractivity contribution is 0.701. The van der Waals surface area contributed by atoms with E-state index in [1.807, 2.05) is 24.4 Å². The van der Waals surface area contributed by atoms with E-state index in [-0.39, 0.29) is 6.04 Å². The highest BCUT2D eigenvalue weighted by Crippen LogP contribution is 2.27. The van der Waals surface area contributed by atoms with Crippen LogP contribution in [0.4, 0.5) is 5.82 Å². The minimum absolute atomic E-state index is 0.270. The Hall–Kier alpha value is -1.13. The van der Waals surface area contributed by atoms with Crippen LogP contribution in [0.15, 0.2) is 34.9 Å². The number of rotatable bonds is 4. The summed E-state index contributed by atoms with van der Waals surface area (Å²) in [5.41, 5.74) is 5.71. The van der Waals surface area contributed by atoms with Crippen molar-refractivity contribution in [3.05, 3.63) is 34.9 Å². The highest BCUT2D eigenvalue weighted by molar-refractivity contribution is 9.10. The molecule has 90 valence electrons. The van der Waals surface area contributed by atoms with Crippen molar-refractivity contribution in [3.8, 4) is 0 Å². The largest absolute Gasteiger partial charge is 0.366 e. The van der Waals surface area contributed by atoms with E-state index in [0.717, 1.165) is 27.5 Å². The average molecular weight is 294 g/mol. The lowest BCUT2D eigenvalue weighted by Gasteiger charge is -2.16. The summed E-state index contributed by atoms with van der Waals surface area (Å²) in [6.07, 6.45) is 2.81. The lowest BCUT2D eigenvalue weighted by Crippen LogP contribution is -2.28. The van der Waals surface area contributed by atoms with E-state index < -0.39 is 0 Å². The number of benzene rings is 1. The van der Waals surface area contributed by atoms with Crippen molar-refractivity contribution in [2.45, 2.75) is 19.4 Å². The van der Waals surface area contributed by atoms with Crippen molar-refractivity contribution in [1.82, 2.24) is 4.98 Å². The minimum atomic E-state index is 0.270. The second kappa shape index (κ2) is 5.47. The fraction of sp³-hybridized carbons (Fsp3) is 0.308. The van der Waals surface area contributed by atoms with E-state index >= 15 is 0 Å². The number of aromatic nitrogens is 1. The smallest absolute Gasteiger partial charge is 0.134 e. The van der Waals surface area contributed by atoms with E-state index in [9.17, 15) is 0 Å². The van der Waals surface area contributed by atoms with E-state index in [0.29, 0.717) is 6.54 Å². The molecule has 1 atom stereocenters. The normalized spacial score (nSPS) is 12.6. The van der Waals surface area contributed by atoms with Crippen LogP contribution in [0.5, 0.6) is 0 Å². The Morgan fingerprint density at radius 1 is 1.35 bits per heavy atom. The van der Waals surface area contributed by atoms with Gasteiger partial charge in [-0.3, -0.25) is 0 Å². The Kier molecular flexibility index (Phi) is 3.97. The summed E-state index contributed by atoms with van der Waals surface area (Å²) in [5.74, 6) is 0.904. The first kappa shape index (κ1) is 12.3. The number of anilines is 1. The third kappa shape index (κ3) is 2.58. The summed E-state index contributed by atoms with van der Waals surface area (Å²) in [4.78, 5) is 4.40. The molecule has 1 heterocycles. The minimum Gasteiger partial charge on any atom is -0.366 e. The molecule has 0 aliphatic heterocycles. The Balaban J connectivity index is 2.44.